The van der Waals surface area contributed by atoms with Gasteiger partial charge in [0, 0.05) is 11.4 Å². The summed E-state index contributed by atoms with van der Waals surface area (Å²) < 4.78 is 60.2. The van der Waals surface area contributed by atoms with Crippen LogP contribution in [0, 0.1) is 45.9 Å². The SMILES string of the molecule is N#Cc1ccccc1N(c1cc2ccc3cc(N(c4cc(-c5ccc(F)cc5)ccc4F)c4ccccc4C#N)cc4ccc(c1)c2c34)c1cc(-c2ccc(F)cc2)ccc1F. The molecule has 0 spiro atoms. The van der Waals surface area contributed by atoms with Gasteiger partial charge in [-0.2, -0.15) is 10.5 Å². The standard InChI is InChI=1S/C54H30F4N4/c55-43-19-13-33(14-20-43)35-17-23-47(57)51(29-35)61(49-7-3-1-5-41(49)31-59)45-25-37-9-11-39-27-46(28-40-12-10-38(26-45)53(37)54(39)40)62(50-8-4-2-6-42(50)32-60)52-30-36(18-24-48(52)58)34-15-21-44(56)22-16-34/h1-30H. The third-order valence-corrected chi connectivity index (χ3v) is 11.3. The average molecular weight is 811 g/mol. The molecule has 10 aromatic carbocycles. The highest BCUT2D eigenvalue weighted by Crippen LogP contribution is 2.47. The summed E-state index contributed by atoms with van der Waals surface area (Å²) in [5.74, 6) is -1.78. The van der Waals surface area contributed by atoms with E-state index < -0.39 is 11.6 Å². The van der Waals surface area contributed by atoms with Gasteiger partial charge in [-0.15, -0.1) is 0 Å². The minimum absolute atomic E-state index is 0.209. The van der Waals surface area contributed by atoms with E-state index in [1.54, 1.807) is 107 Å². The first-order chi connectivity index (χ1) is 30.3. The highest BCUT2D eigenvalue weighted by atomic mass is 19.1. The van der Waals surface area contributed by atoms with Crippen molar-refractivity contribution in [2.24, 2.45) is 0 Å². The lowest BCUT2D eigenvalue weighted by Gasteiger charge is -2.29. The van der Waals surface area contributed by atoms with Crippen LogP contribution in [0.1, 0.15) is 11.1 Å². The van der Waals surface area contributed by atoms with Gasteiger partial charge in [0.25, 0.3) is 0 Å². The molecule has 0 fully saturated rings. The number of para-hydroxylation sites is 2. The van der Waals surface area contributed by atoms with E-state index in [9.17, 15) is 19.3 Å². The Hall–Kier alpha value is -8.46. The minimum atomic E-state index is -0.511. The van der Waals surface area contributed by atoms with Crippen LogP contribution in [0.15, 0.2) is 182 Å². The number of nitrogens with zero attached hydrogens (tertiary/aromatic N) is 4. The van der Waals surface area contributed by atoms with E-state index in [0.29, 0.717) is 56.1 Å². The van der Waals surface area contributed by atoms with E-state index in [1.165, 1.54) is 36.4 Å². The average Bonchev–Trinajstić information content (AvgIpc) is 3.30. The fourth-order valence-electron chi connectivity index (χ4n) is 8.42. The monoisotopic (exact) mass is 810 g/mol. The van der Waals surface area contributed by atoms with Crippen molar-refractivity contribution in [3.05, 3.63) is 216 Å². The zero-order valence-corrected chi connectivity index (χ0v) is 32.6. The molecule has 0 unspecified atom stereocenters. The lowest BCUT2D eigenvalue weighted by atomic mass is 9.92. The molecule has 62 heavy (non-hydrogen) atoms. The summed E-state index contributed by atoms with van der Waals surface area (Å²) in [5.41, 5.74) is 6.05. The second-order valence-corrected chi connectivity index (χ2v) is 14.9. The largest absolute Gasteiger partial charge is 0.306 e. The number of rotatable bonds is 8. The molecule has 0 aromatic heterocycles. The normalized spacial score (nSPS) is 11.2. The van der Waals surface area contributed by atoms with Gasteiger partial charge in [0.2, 0.25) is 0 Å². The molecule has 0 amide bonds. The second-order valence-electron chi connectivity index (χ2n) is 14.9. The molecule has 0 N–H and O–H groups in total. The molecule has 0 saturated carbocycles. The Morgan fingerprint density at radius 3 is 1.03 bits per heavy atom. The maximum Gasteiger partial charge on any atom is 0.147 e. The quantitative estimate of drug-likeness (QED) is 0.113. The molecule has 0 aliphatic rings. The first-order valence-corrected chi connectivity index (χ1v) is 19.7. The van der Waals surface area contributed by atoms with Crippen LogP contribution in [0.3, 0.4) is 0 Å². The number of anilines is 6. The van der Waals surface area contributed by atoms with E-state index in [4.69, 9.17) is 0 Å². The van der Waals surface area contributed by atoms with Crippen molar-refractivity contribution < 1.29 is 17.6 Å². The fourth-order valence-corrected chi connectivity index (χ4v) is 8.42. The molecule has 0 saturated heterocycles. The molecule has 0 radical (unpaired) electrons. The molecule has 0 heterocycles. The first-order valence-electron chi connectivity index (χ1n) is 19.7. The zero-order chi connectivity index (χ0) is 42.5. The smallest absolute Gasteiger partial charge is 0.147 e. The van der Waals surface area contributed by atoms with E-state index in [1.807, 2.05) is 48.5 Å². The van der Waals surface area contributed by atoms with Crippen LogP contribution < -0.4 is 9.80 Å². The summed E-state index contributed by atoms with van der Waals surface area (Å²) in [5, 5.41) is 25.9. The van der Waals surface area contributed by atoms with Gasteiger partial charge in [-0.1, -0.05) is 84.9 Å². The first kappa shape index (κ1) is 37.8. The van der Waals surface area contributed by atoms with Crippen molar-refractivity contribution in [1.82, 2.24) is 0 Å². The van der Waals surface area contributed by atoms with Crippen molar-refractivity contribution in [3.8, 4) is 34.4 Å². The van der Waals surface area contributed by atoms with Crippen molar-refractivity contribution in [1.29, 1.82) is 10.5 Å². The minimum Gasteiger partial charge on any atom is -0.306 e. The predicted octanol–water partition coefficient (Wildman–Crippen LogP) is 15.2. The summed E-state index contributed by atoms with van der Waals surface area (Å²) in [4.78, 5) is 3.49. The molecule has 10 rings (SSSR count). The zero-order valence-electron chi connectivity index (χ0n) is 32.6. The molecular weight excluding hydrogens is 781 g/mol. The molecule has 0 aliphatic heterocycles. The number of nitriles is 2. The lowest BCUT2D eigenvalue weighted by Crippen LogP contribution is -2.14. The molecule has 0 aliphatic carbocycles. The van der Waals surface area contributed by atoms with Crippen LogP contribution in [0.2, 0.25) is 0 Å². The second kappa shape index (κ2) is 15.3. The fraction of sp³-hybridized carbons (Fsp3) is 0. The van der Waals surface area contributed by atoms with E-state index in [0.717, 1.165) is 32.3 Å². The third-order valence-electron chi connectivity index (χ3n) is 11.3. The van der Waals surface area contributed by atoms with Crippen LogP contribution in [0.5, 0.6) is 0 Å². The van der Waals surface area contributed by atoms with Gasteiger partial charge in [-0.3, -0.25) is 0 Å². The van der Waals surface area contributed by atoms with Crippen molar-refractivity contribution >= 4 is 66.4 Å². The molecule has 294 valence electrons. The van der Waals surface area contributed by atoms with Gasteiger partial charge >= 0.3 is 0 Å². The Morgan fingerprint density at radius 1 is 0.339 bits per heavy atom. The predicted molar refractivity (Wildman–Crippen MR) is 240 cm³/mol. The van der Waals surface area contributed by atoms with Gasteiger partial charge in [0.1, 0.15) is 35.4 Å². The number of hydrogen-bond donors (Lipinski definition) is 0. The van der Waals surface area contributed by atoms with Gasteiger partial charge < -0.3 is 9.80 Å². The molecule has 4 nitrogen and oxygen atoms in total. The van der Waals surface area contributed by atoms with E-state index in [-0.39, 0.29) is 23.0 Å². The summed E-state index contributed by atoms with van der Waals surface area (Å²) in [6.07, 6.45) is 0. The molecule has 0 atom stereocenters. The maximum atomic E-state index is 16.2. The number of halogens is 4. The topological polar surface area (TPSA) is 54.1 Å². The van der Waals surface area contributed by atoms with E-state index in [2.05, 4.69) is 12.1 Å². The molecular formula is C54H30F4N4. The number of benzene rings is 10. The Bertz CT molecular complexity index is 3150. The van der Waals surface area contributed by atoms with E-state index >= 15 is 8.78 Å². The van der Waals surface area contributed by atoms with Gasteiger partial charge in [-0.05, 0) is 152 Å². The van der Waals surface area contributed by atoms with Crippen LogP contribution in [-0.2, 0) is 0 Å². The van der Waals surface area contributed by atoms with Crippen molar-refractivity contribution in [2.75, 3.05) is 9.80 Å². The Morgan fingerprint density at radius 2 is 0.677 bits per heavy atom. The van der Waals surface area contributed by atoms with Gasteiger partial charge in [-0.25, -0.2) is 17.6 Å². The van der Waals surface area contributed by atoms with Crippen LogP contribution in [0.25, 0.3) is 54.6 Å². The summed E-state index contributed by atoms with van der Waals surface area (Å²) in [6, 6.07) is 55.9. The van der Waals surface area contributed by atoms with Crippen LogP contribution >= 0.6 is 0 Å². The Kier molecular flexibility index (Phi) is 9.32. The summed E-state index contributed by atoms with van der Waals surface area (Å²) in [6.45, 7) is 0. The van der Waals surface area contributed by atoms with Gasteiger partial charge in [0.05, 0.1) is 33.9 Å². The molecule has 10 aromatic rings. The number of hydrogen-bond acceptors (Lipinski definition) is 4. The maximum absolute atomic E-state index is 16.2. The summed E-state index contributed by atoms with van der Waals surface area (Å²) in [7, 11) is 0. The lowest BCUT2D eigenvalue weighted by molar-refractivity contribution is 0.627. The summed E-state index contributed by atoms with van der Waals surface area (Å²) >= 11 is 0. The molecule has 8 heteroatoms. The highest BCUT2D eigenvalue weighted by molar-refractivity contribution is 6.24. The third kappa shape index (κ3) is 6.57. The van der Waals surface area contributed by atoms with Crippen LogP contribution in [-0.4, -0.2) is 0 Å². The highest BCUT2D eigenvalue weighted by Gasteiger charge is 2.24. The Balaban J connectivity index is 1.15. The molecule has 0 bridgehead atoms. The Labute approximate surface area is 353 Å². The van der Waals surface area contributed by atoms with Crippen molar-refractivity contribution in [3.63, 3.8) is 0 Å². The van der Waals surface area contributed by atoms with Crippen LogP contribution in [0.4, 0.5) is 51.7 Å². The van der Waals surface area contributed by atoms with Crippen molar-refractivity contribution in [2.45, 2.75) is 0 Å². The van der Waals surface area contributed by atoms with Gasteiger partial charge in [0.15, 0.2) is 0 Å².